The van der Waals surface area contributed by atoms with Gasteiger partial charge in [-0.2, -0.15) is 5.10 Å². The molecule has 1 aromatic heterocycles. The molecule has 1 N–H and O–H groups in total. The van der Waals surface area contributed by atoms with Gasteiger partial charge in [0, 0.05) is 32.0 Å². The lowest BCUT2D eigenvalue weighted by Gasteiger charge is -2.39. The first-order valence-electron chi connectivity index (χ1n) is 8.37. The lowest BCUT2D eigenvalue weighted by Crippen LogP contribution is -2.44. The maximum atomic E-state index is 13.0. The summed E-state index contributed by atoms with van der Waals surface area (Å²) in [5.74, 6) is 0.122. The van der Waals surface area contributed by atoms with E-state index >= 15 is 0 Å². The van der Waals surface area contributed by atoms with E-state index in [4.69, 9.17) is 0 Å². The summed E-state index contributed by atoms with van der Waals surface area (Å²) in [4.78, 5) is 15.0. The van der Waals surface area contributed by atoms with Crippen molar-refractivity contribution < 1.29 is 4.79 Å². The van der Waals surface area contributed by atoms with Crippen molar-refractivity contribution in [3.05, 3.63) is 48.3 Å². The van der Waals surface area contributed by atoms with Crippen molar-refractivity contribution in [2.75, 3.05) is 26.2 Å². The molecule has 0 saturated carbocycles. The Morgan fingerprint density at radius 1 is 1.13 bits per heavy atom. The molecule has 5 heteroatoms. The van der Waals surface area contributed by atoms with Gasteiger partial charge in [0.25, 0.3) is 5.91 Å². The third kappa shape index (κ3) is 2.65. The predicted molar refractivity (Wildman–Crippen MR) is 88.6 cm³/mol. The summed E-state index contributed by atoms with van der Waals surface area (Å²) in [6.45, 7) is 3.94. The molecule has 5 nitrogen and oxygen atoms in total. The summed E-state index contributed by atoms with van der Waals surface area (Å²) < 4.78 is 1.76. The van der Waals surface area contributed by atoms with Crippen molar-refractivity contribution in [1.82, 2.24) is 20.0 Å². The molecular weight excluding hydrogens is 288 g/mol. The average Bonchev–Trinajstić information content (AvgIpc) is 3.27. The minimum absolute atomic E-state index is 0.122. The van der Waals surface area contributed by atoms with Crippen molar-refractivity contribution in [2.24, 2.45) is 5.41 Å². The predicted octanol–water partition coefficient (Wildman–Crippen LogP) is 2.09. The summed E-state index contributed by atoms with van der Waals surface area (Å²) in [5.41, 5.74) is 2.01. The fourth-order valence-corrected chi connectivity index (χ4v) is 3.84. The molecule has 1 amide bonds. The third-order valence-corrected chi connectivity index (χ3v) is 5.33. The van der Waals surface area contributed by atoms with E-state index in [1.807, 2.05) is 41.4 Å². The van der Waals surface area contributed by atoms with Gasteiger partial charge in [-0.3, -0.25) is 4.79 Å². The van der Waals surface area contributed by atoms with E-state index in [9.17, 15) is 4.79 Å². The molecule has 3 heterocycles. The van der Waals surface area contributed by atoms with Crippen molar-refractivity contribution in [1.29, 1.82) is 0 Å². The Bertz CT molecular complexity index is 679. The van der Waals surface area contributed by atoms with Gasteiger partial charge in [-0.25, -0.2) is 4.68 Å². The number of nitrogens with one attached hydrogen (secondary N) is 1. The zero-order chi connectivity index (χ0) is 15.7. The Hall–Kier alpha value is -2.14. The van der Waals surface area contributed by atoms with Crippen LogP contribution >= 0.6 is 0 Å². The largest absolute Gasteiger partial charge is 0.339 e. The number of nitrogens with zero attached hydrogens (tertiary/aromatic N) is 3. The Morgan fingerprint density at radius 3 is 2.65 bits per heavy atom. The Morgan fingerprint density at radius 2 is 1.96 bits per heavy atom. The van der Waals surface area contributed by atoms with Crippen molar-refractivity contribution in [2.45, 2.75) is 19.3 Å². The van der Waals surface area contributed by atoms with Crippen molar-refractivity contribution in [3.8, 4) is 5.69 Å². The second-order valence-corrected chi connectivity index (χ2v) is 6.69. The average molecular weight is 310 g/mol. The lowest BCUT2D eigenvalue weighted by molar-refractivity contribution is 0.0607. The normalized spacial score (nSPS) is 20.1. The number of rotatable bonds is 2. The topological polar surface area (TPSA) is 50.2 Å². The molecule has 1 aromatic carbocycles. The van der Waals surface area contributed by atoms with Crippen LogP contribution < -0.4 is 5.32 Å². The second kappa shape index (κ2) is 5.81. The number of carbonyl (C=O) groups is 1. The van der Waals surface area contributed by atoms with Gasteiger partial charge >= 0.3 is 0 Å². The highest BCUT2D eigenvalue weighted by Gasteiger charge is 2.38. The molecule has 2 aliphatic heterocycles. The minimum atomic E-state index is 0.122. The molecule has 2 aliphatic rings. The van der Waals surface area contributed by atoms with Crippen LogP contribution in [0.25, 0.3) is 5.69 Å². The zero-order valence-corrected chi connectivity index (χ0v) is 13.2. The van der Waals surface area contributed by atoms with E-state index in [0.717, 1.165) is 50.3 Å². The number of hydrogen-bond donors (Lipinski definition) is 1. The number of benzene rings is 1. The maximum Gasteiger partial charge on any atom is 0.256 e. The van der Waals surface area contributed by atoms with E-state index in [2.05, 4.69) is 10.4 Å². The highest BCUT2D eigenvalue weighted by Crippen LogP contribution is 2.37. The van der Waals surface area contributed by atoms with Crippen LogP contribution in [0.15, 0.2) is 42.7 Å². The van der Waals surface area contributed by atoms with Crippen molar-refractivity contribution in [3.63, 3.8) is 0 Å². The summed E-state index contributed by atoms with van der Waals surface area (Å²) in [5, 5.41) is 7.74. The summed E-state index contributed by atoms with van der Waals surface area (Å²) in [7, 11) is 0. The monoisotopic (exact) mass is 310 g/mol. The van der Waals surface area contributed by atoms with Gasteiger partial charge in [0.1, 0.15) is 0 Å². The molecular formula is C18H22N4O. The van der Waals surface area contributed by atoms with E-state index in [1.165, 1.54) is 6.42 Å². The number of aromatic nitrogens is 2. The molecule has 2 saturated heterocycles. The van der Waals surface area contributed by atoms with E-state index < -0.39 is 0 Å². The standard InChI is InChI=1S/C18H22N4O/c23-17(21-12-7-18(8-13-21)6-10-19-14-18)15-4-1-2-5-16(15)22-11-3-9-20-22/h1-5,9,11,19H,6-8,10,12-14H2. The van der Waals surface area contributed by atoms with Gasteiger partial charge in [-0.1, -0.05) is 12.1 Å². The number of carbonyl (C=O) groups excluding carboxylic acids is 1. The molecule has 4 rings (SSSR count). The zero-order valence-electron chi connectivity index (χ0n) is 13.2. The maximum absolute atomic E-state index is 13.0. The SMILES string of the molecule is O=C(c1ccccc1-n1cccn1)N1CCC2(CCNC2)CC1. The molecule has 2 fully saturated rings. The minimum Gasteiger partial charge on any atom is -0.339 e. The first kappa shape index (κ1) is 14.5. The summed E-state index contributed by atoms with van der Waals surface area (Å²) >= 11 is 0. The smallest absolute Gasteiger partial charge is 0.256 e. The van der Waals surface area contributed by atoms with Gasteiger partial charge in [-0.15, -0.1) is 0 Å². The van der Waals surface area contributed by atoms with Crippen LogP contribution in [0.3, 0.4) is 0 Å². The van der Waals surface area contributed by atoms with Crippen LogP contribution in [0.2, 0.25) is 0 Å². The summed E-state index contributed by atoms with van der Waals surface area (Å²) in [6, 6.07) is 9.60. The summed E-state index contributed by atoms with van der Waals surface area (Å²) in [6.07, 6.45) is 7.07. The van der Waals surface area contributed by atoms with Gasteiger partial charge in [0.2, 0.25) is 0 Å². The highest BCUT2D eigenvalue weighted by molar-refractivity contribution is 5.97. The first-order chi connectivity index (χ1) is 11.3. The fraction of sp³-hybridized carbons (Fsp3) is 0.444. The Balaban J connectivity index is 1.54. The second-order valence-electron chi connectivity index (χ2n) is 6.69. The first-order valence-corrected chi connectivity index (χ1v) is 8.37. The number of para-hydroxylation sites is 1. The molecule has 0 radical (unpaired) electrons. The van der Waals surface area contributed by atoms with Crippen molar-refractivity contribution >= 4 is 5.91 Å². The molecule has 1 spiro atoms. The number of piperidine rings is 1. The van der Waals surface area contributed by atoms with Crippen LogP contribution in [0.1, 0.15) is 29.6 Å². The Labute approximate surface area is 136 Å². The van der Waals surface area contributed by atoms with Gasteiger partial charge in [0.05, 0.1) is 11.3 Å². The molecule has 120 valence electrons. The highest BCUT2D eigenvalue weighted by atomic mass is 16.2. The van der Waals surface area contributed by atoms with Gasteiger partial charge in [0.15, 0.2) is 0 Å². The van der Waals surface area contributed by atoms with E-state index in [1.54, 1.807) is 10.9 Å². The van der Waals surface area contributed by atoms with E-state index in [-0.39, 0.29) is 5.91 Å². The number of likely N-dealkylation sites (tertiary alicyclic amines) is 1. The lowest BCUT2D eigenvalue weighted by atomic mass is 9.78. The van der Waals surface area contributed by atoms with Gasteiger partial charge in [-0.05, 0) is 49.4 Å². The fourth-order valence-electron chi connectivity index (χ4n) is 3.84. The molecule has 0 unspecified atom stereocenters. The van der Waals surface area contributed by atoms with E-state index in [0.29, 0.717) is 5.41 Å². The van der Waals surface area contributed by atoms with Gasteiger partial charge < -0.3 is 10.2 Å². The Kier molecular flexibility index (Phi) is 3.65. The van der Waals surface area contributed by atoms with Crippen LogP contribution in [-0.4, -0.2) is 46.8 Å². The van der Waals surface area contributed by atoms with Crippen LogP contribution in [0.5, 0.6) is 0 Å². The molecule has 0 aliphatic carbocycles. The molecule has 0 atom stereocenters. The number of hydrogen-bond acceptors (Lipinski definition) is 3. The molecule has 0 bridgehead atoms. The quantitative estimate of drug-likeness (QED) is 0.924. The van der Waals surface area contributed by atoms with Crippen LogP contribution in [0.4, 0.5) is 0 Å². The molecule has 2 aromatic rings. The third-order valence-electron chi connectivity index (χ3n) is 5.33. The van der Waals surface area contributed by atoms with Crippen LogP contribution in [-0.2, 0) is 0 Å². The van der Waals surface area contributed by atoms with Crippen LogP contribution in [0, 0.1) is 5.41 Å². The number of amides is 1. The molecule has 23 heavy (non-hydrogen) atoms.